The second-order valence-electron chi connectivity index (χ2n) is 2.63. The van der Waals surface area contributed by atoms with Crippen molar-refractivity contribution in [3.63, 3.8) is 0 Å². The monoisotopic (exact) mass is 160 g/mol. The average molecular weight is 160 g/mol. The minimum atomic E-state index is -0.207. The van der Waals surface area contributed by atoms with Crippen LogP contribution in [0, 0.1) is 0 Å². The Morgan fingerprint density at radius 2 is 2.50 bits per heavy atom. The van der Waals surface area contributed by atoms with Crippen LogP contribution in [0.3, 0.4) is 0 Å². The molecule has 0 aromatic carbocycles. The maximum absolute atomic E-state index is 10.4. The minimum absolute atomic E-state index is 0.207. The lowest BCUT2D eigenvalue weighted by atomic mass is 10.1. The number of aldehydes is 1. The zero-order chi connectivity index (χ0) is 8.39. The second kappa shape index (κ2) is 2.77. The van der Waals surface area contributed by atoms with Gasteiger partial charge in [-0.25, -0.2) is 0 Å². The Balaban J connectivity index is 2.39. The summed E-state index contributed by atoms with van der Waals surface area (Å²) in [4.78, 5) is 14.4. The highest BCUT2D eigenvalue weighted by atomic mass is 16.1. The Bertz CT molecular complexity index is 333. The van der Waals surface area contributed by atoms with E-state index in [0.717, 1.165) is 17.5 Å². The van der Waals surface area contributed by atoms with Gasteiger partial charge in [-0.3, -0.25) is 4.98 Å². The van der Waals surface area contributed by atoms with Crippen LogP contribution in [0.1, 0.15) is 5.56 Å². The number of fused-ring (bicyclic) bond motifs is 1. The number of hydrogen-bond acceptors (Lipinski definition) is 3. The van der Waals surface area contributed by atoms with Crippen LogP contribution < -0.4 is 5.32 Å². The molecule has 0 saturated carbocycles. The lowest BCUT2D eigenvalue weighted by Gasteiger charge is -2.16. The van der Waals surface area contributed by atoms with Gasteiger partial charge in [0.15, 0.2) is 0 Å². The largest absolute Gasteiger partial charge is 0.371 e. The SMILES string of the molecule is O=CC1C=Cc2ccncc2N1. The van der Waals surface area contributed by atoms with Crippen molar-refractivity contribution in [3.05, 3.63) is 30.1 Å². The van der Waals surface area contributed by atoms with Crippen LogP contribution in [0.5, 0.6) is 0 Å². The molecule has 0 amide bonds. The standard InChI is InChI=1S/C9H8N2O/c12-6-8-2-1-7-3-4-10-5-9(7)11-8/h1-6,8,11H. The van der Waals surface area contributed by atoms with Gasteiger partial charge >= 0.3 is 0 Å². The summed E-state index contributed by atoms with van der Waals surface area (Å²) in [6, 6.07) is 1.70. The Labute approximate surface area is 70.1 Å². The van der Waals surface area contributed by atoms with Crippen LogP contribution in [0.2, 0.25) is 0 Å². The van der Waals surface area contributed by atoms with Crippen molar-refractivity contribution >= 4 is 18.0 Å². The Morgan fingerprint density at radius 3 is 3.33 bits per heavy atom. The number of aromatic nitrogens is 1. The zero-order valence-corrected chi connectivity index (χ0v) is 6.40. The average Bonchev–Trinajstić information content (AvgIpc) is 2.17. The summed E-state index contributed by atoms with van der Waals surface area (Å²) < 4.78 is 0. The van der Waals surface area contributed by atoms with Gasteiger partial charge in [0, 0.05) is 11.8 Å². The van der Waals surface area contributed by atoms with E-state index in [0.29, 0.717) is 0 Å². The van der Waals surface area contributed by atoms with Crippen molar-refractivity contribution in [1.82, 2.24) is 4.98 Å². The van der Waals surface area contributed by atoms with Gasteiger partial charge < -0.3 is 10.1 Å². The Hall–Kier alpha value is -1.64. The van der Waals surface area contributed by atoms with E-state index in [9.17, 15) is 4.79 Å². The van der Waals surface area contributed by atoms with E-state index in [1.807, 2.05) is 18.2 Å². The highest BCUT2D eigenvalue weighted by molar-refractivity contribution is 5.78. The fourth-order valence-corrected chi connectivity index (χ4v) is 1.19. The molecule has 1 N–H and O–H groups in total. The lowest BCUT2D eigenvalue weighted by molar-refractivity contribution is -0.107. The predicted octanol–water partition coefficient (Wildman–Crippen LogP) is 1.09. The molecular weight excluding hydrogens is 152 g/mol. The van der Waals surface area contributed by atoms with Gasteiger partial charge in [0.1, 0.15) is 12.3 Å². The quantitative estimate of drug-likeness (QED) is 0.625. The summed E-state index contributed by atoms with van der Waals surface area (Å²) in [5, 5.41) is 3.03. The first kappa shape index (κ1) is 7.03. The molecule has 0 radical (unpaired) electrons. The van der Waals surface area contributed by atoms with E-state index in [2.05, 4.69) is 10.3 Å². The molecule has 0 fully saturated rings. The third kappa shape index (κ3) is 1.09. The highest BCUT2D eigenvalue weighted by Gasteiger charge is 2.09. The Morgan fingerprint density at radius 1 is 1.58 bits per heavy atom. The molecular formula is C9H8N2O. The van der Waals surface area contributed by atoms with Gasteiger partial charge in [-0.2, -0.15) is 0 Å². The van der Waals surface area contributed by atoms with Gasteiger partial charge in [-0.1, -0.05) is 12.2 Å². The van der Waals surface area contributed by atoms with E-state index < -0.39 is 0 Å². The molecule has 0 saturated heterocycles. The molecule has 1 unspecified atom stereocenters. The molecule has 1 atom stereocenters. The second-order valence-corrected chi connectivity index (χ2v) is 2.63. The first-order chi connectivity index (χ1) is 5.90. The van der Waals surface area contributed by atoms with E-state index in [1.165, 1.54) is 0 Å². The lowest BCUT2D eigenvalue weighted by Crippen LogP contribution is -2.21. The number of pyridine rings is 1. The molecule has 1 aliphatic heterocycles. The van der Waals surface area contributed by atoms with Crippen molar-refractivity contribution in [3.8, 4) is 0 Å². The molecule has 2 heterocycles. The van der Waals surface area contributed by atoms with Crippen molar-refractivity contribution < 1.29 is 4.79 Å². The smallest absolute Gasteiger partial charge is 0.146 e. The molecule has 0 aliphatic carbocycles. The first-order valence-corrected chi connectivity index (χ1v) is 3.74. The summed E-state index contributed by atoms with van der Waals surface area (Å²) in [6.45, 7) is 0. The van der Waals surface area contributed by atoms with Crippen LogP contribution in [-0.4, -0.2) is 17.3 Å². The topological polar surface area (TPSA) is 42.0 Å². The van der Waals surface area contributed by atoms with Crippen LogP contribution in [0.15, 0.2) is 24.5 Å². The van der Waals surface area contributed by atoms with Gasteiger partial charge in [0.05, 0.1) is 11.9 Å². The summed E-state index contributed by atoms with van der Waals surface area (Å²) in [7, 11) is 0. The van der Waals surface area contributed by atoms with Crippen molar-refractivity contribution in [2.24, 2.45) is 0 Å². The summed E-state index contributed by atoms with van der Waals surface area (Å²) >= 11 is 0. The molecule has 3 nitrogen and oxygen atoms in total. The fourth-order valence-electron chi connectivity index (χ4n) is 1.19. The normalized spacial score (nSPS) is 19.5. The van der Waals surface area contributed by atoms with Crippen molar-refractivity contribution in [1.29, 1.82) is 0 Å². The zero-order valence-electron chi connectivity index (χ0n) is 6.40. The number of rotatable bonds is 1. The van der Waals surface area contributed by atoms with Gasteiger partial charge in [0.2, 0.25) is 0 Å². The predicted molar refractivity (Wildman–Crippen MR) is 46.7 cm³/mol. The van der Waals surface area contributed by atoms with Crippen LogP contribution >= 0.6 is 0 Å². The van der Waals surface area contributed by atoms with Gasteiger partial charge in [-0.05, 0) is 6.07 Å². The molecule has 2 rings (SSSR count). The molecule has 0 bridgehead atoms. The maximum Gasteiger partial charge on any atom is 0.146 e. The fraction of sp³-hybridized carbons (Fsp3) is 0.111. The van der Waals surface area contributed by atoms with Crippen molar-refractivity contribution in [2.75, 3.05) is 5.32 Å². The molecule has 1 aromatic rings. The van der Waals surface area contributed by atoms with Crippen molar-refractivity contribution in [2.45, 2.75) is 6.04 Å². The van der Waals surface area contributed by atoms with Gasteiger partial charge in [0.25, 0.3) is 0 Å². The molecule has 0 spiro atoms. The van der Waals surface area contributed by atoms with E-state index in [1.54, 1.807) is 12.4 Å². The van der Waals surface area contributed by atoms with Crippen LogP contribution in [0.25, 0.3) is 6.08 Å². The molecule has 1 aliphatic rings. The highest BCUT2D eigenvalue weighted by Crippen LogP contribution is 2.20. The molecule has 1 aromatic heterocycles. The summed E-state index contributed by atoms with van der Waals surface area (Å²) in [5.74, 6) is 0. The minimum Gasteiger partial charge on any atom is -0.371 e. The van der Waals surface area contributed by atoms with Gasteiger partial charge in [-0.15, -0.1) is 0 Å². The third-order valence-corrected chi connectivity index (χ3v) is 1.81. The third-order valence-electron chi connectivity index (χ3n) is 1.81. The number of hydrogen-bond donors (Lipinski definition) is 1. The Kier molecular flexibility index (Phi) is 1.63. The summed E-state index contributed by atoms with van der Waals surface area (Å²) in [6.07, 6.45) is 8.07. The first-order valence-electron chi connectivity index (χ1n) is 3.74. The van der Waals surface area contributed by atoms with E-state index in [-0.39, 0.29) is 6.04 Å². The van der Waals surface area contributed by atoms with Crippen LogP contribution in [-0.2, 0) is 4.79 Å². The maximum atomic E-state index is 10.4. The molecule has 12 heavy (non-hydrogen) atoms. The van der Waals surface area contributed by atoms with Crippen LogP contribution in [0.4, 0.5) is 5.69 Å². The van der Waals surface area contributed by atoms with E-state index in [4.69, 9.17) is 0 Å². The number of nitrogens with one attached hydrogen (secondary N) is 1. The molecule has 60 valence electrons. The number of carbonyl (C=O) groups is 1. The summed E-state index contributed by atoms with van der Waals surface area (Å²) in [5.41, 5.74) is 1.99. The number of anilines is 1. The molecule has 3 heteroatoms. The van der Waals surface area contributed by atoms with E-state index >= 15 is 0 Å². The number of carbonyl (C=O) groups excluding carboxylic acids is 1. The number of nitrogens with zero attached hydrogens (tertiary/aromatic N) is 1.